The maximum absolute atomic E-state index is 13.5. The van der Waals surface area contributed by atoms with Gasteiger partial charge in [-0.1, -0.05) is 12.1 Å². The van der Waals surface area contributed by atoms with Crippen molar-refractivity contribution in [3.8, 4) is 5.75 Å². The first-order chi connectivity index (χ1) is 16.9. The Kier molecular flexibility index (Phi) is 6.03. The molecule has 0 spiro atoms. The highest BCUT2D eigenvalue weighted by molar-refractivity contribution is 7.89. The fraction of sp³-hybridized carbons (Fsp3) is 0.250. The highest BCUT2D eigenvalue weighted by atomic mass is 32.2. The minimum atomic E-state index is -3.89. The number of halogens is 1. The molecule has 9 nitrogen and oxygen atoms in total. The summed E-state index contributed by atoms with van der Waals surface area (Å²) in [6.45, 7) is 1.65. The van der Waals surface area contributed by atoms with Crippen LogP contribution in [0.15, 0.2) is 76.6 Å². The van der Waals surface area contributed by atoms with E-state index < -0.39 is 15.7 Å². The lowest BCUT2D eigenvalue weighted by Gasteiger charge is -2.35. The molecule has 5 rings (SSSR count). The number of nitrogens with zero attached hydrogens (tertiary/aromatic N) is 5. The van der Waals surface area contributed by atoms with Crippen LogP contribution in [0.1, 0.15) is 5.56 Å². The standard InChI is InChI=1S/C24H24FN5O4S/c1-34-21-10-4-18(5-11-21)17-30-24(31)29-12-2-3-22(23(29)26-30)35(32,33)28-15-13-27(14-16-28)20-8-6-19(25)7-9-20/h2-12H,13-17H2,1H3. The molecule has 4 aromatic rings. The molecule has 0 saturated carbocycles. The summed E-state index contributed by atoms with van der Waals surface area (Å²) in [5.74, 6) is 0.383. The highest BCUT2D eigenvalue weighted by Gasteiger charge is 2.31. The molecule has 11 heteroatoms. The van der Waals surface area contributed by atoms with Gasteiger partial charge in [0.25, 0.3) is 0 Å². The molecule has 0 bridgehead atoms. The Hall–Kier alpha value is -3.70. The number of aromatic nitrogens is 3. The number of hydrogen-bond donors (Lipinski definition) is 0. The van der Waals surface area contributed by atoms with E-state index in [1.165, 1.54) is 43.9 Å². The van der Waals surface area contributed by atoms with E-state index in [9.17, 15) is 17.6 Å². The van der Waals surface area contributed by atoms with Gasteiger partial charge in [0.15, 0.2) is 5.65 Å². The van der Waals surface area contributed by atoms with Crippen molar-refractivity contribution in [1.82, 2.24) is 18.5 Å². The maximum atomic E-state index is 13.5. The second kappa shape index (κ2) is 9.16. The number of sulfonamides is 1. The fourth-order valence-electron chi connectivity index (χ4n) is 4.20. The molecule has 1 fully saturated rings. The number of hydrogen-bond acceptors (Lipinski definition) is 6. The van der Waals surface area contributed by atoms with E-state index in [1.54, 1.807) is 31.4 Å². The molecule has 0 atom stereocenters. The fourth-order valence-corrected chi connectivity index (χ4v) is 5.74. The molecule has 182 valence electrons. The van der Waals surface area contributed by atoms with E-state index >= 15 is 0 Å². The Morgan fingerprint density at radius 2 is 1.66 bits per heavy atom. The minimum absolute atomic E-state index is 0.0131. The van der Waals surface area contributed by atoms with Crippen molar-refractivity contribution in [2.75, 3.05) is 38.2 Å². The van der Waals surface area contributed by atoms with Crippen LogP contribution in [0.4, 0.5) is 10.1 Å². The van der Waals surface area contributed by atoms with Crippen LogP contribution in [-0.4, -0.2) is 60.2 Å². The number of ether oxygens (including phenoxy) is 1. The number of rotatable bonds is 6. The normalized spacial score (nSPS) is 15.0. The summed E-state index contributed by atoms with van der Waals surface area (Å²) in [4.78, 5) is 14.9. The van der Waals surface area contributed by atoms with Gasteiger partial charge >= 0.3 is 5.69 Å². The molecule has 2 aromatic heterocycles. The highest BCUT2D eigenvalue weighted by Crippen LogP contribution is 2.23. The average molecular weight is 498 g/mol. The molecule has 1 aliphatic heterocycles. The summed E-state index contributed by atoms with van der Waals surface area (Å²) >= 11 is 0. The molecule has 0 N–H and O–H groups in total. The summed E-state index contributed by atoms with van der Waals surface area (Å²) in [6.07, 6.45) is 1.51. The van der Waals surface area contributed by atoms with Crippen LogP contribution in [0, 0.1) is 5.82 Å². The number of anilines is 1. The van der Waals surface area contributed by atoms with Crippen molar-refractivity contribution in [2.24, 2.45) is 0 Å². The summed E-state index contributed by atoms with van der Waals surface area (Å²) in [5, 5.41) is 4.37. The number of benzene rings is 2. The lowest BCUT2D eigenvalue weighted by Crippen LogP contribution is -2.48. The van der Waals surface area contributed by atoms with Gasteiger partial charge in [0, 0.05) is 38.1 Å². The van der Waals surface area contributed by atoms with E-state index in [4.69, 9.17) is 4.74 Å². The average Bonchev–Trinajstić information content (AvgIpc) is 3.20. The van der Waals surface area contributed by atoms with Crippen molar-refractivity contribution in [3.63, 3.8) is 0 Å². The van der Waals surface area contributed by atoms with Gasteiger partial charge in [-0.25, -0.2) is 26.7 Å². The number of piperazine rings is 1. The SMILES string of the molecule is COc1ccc(Cn2nc3c(S(=O)(=O)N4CCN(c5ccc(F)cc5)CC4)cccn3c2=O)cc1. The summed E-state index contributed by atoms with van der Waals surface area (Å²) in [5.41, 5.74) is 1.34. The lowest BCUT2D eigenvalue weighted by molar-refractivity contribution is 0.385. The molecule has 2 aromatic carbocycles. The third kappa shape index (κ3) is 4.40. The second-order valence-corrected chi connectivity index (χ2v) is 10.1. The topological polar surface area (TPSA) is 89.2 Å². The smallest absolute Gasteiger partial charge is 0.350 e. The van der Waals surface area contributed by atoms with E-state index in [-0.39, 0.29) is 36.0 Å². The Bertz CT molecular complexity index is 1510. The largest absolute Gasteiger partial charge is 0.497 e. The molecule has 0 radical (unpaired) electrons. The number of pyridine rings is 1. The molecule has 35 heavy (non-hydrogen) atoms. The van der Waals surface area contributed by atoms with Crippen LogP contribution < -0.4 is 15.3 Å². The van der Waals surface area contributed by atoms with Gasteiger partial charge in [0.2, 0.25) is 10.0 Å². The van der Waals surface area contributed by atoms with Crippen LogP contribution in [0.5, 0.6) is 5.75 Å². The van der Waals surface area contributed by atoms with Crippen molar-refractivity contribution in [2.45, 2.75) is 11.4 Å². The van der Waals surface area contributed by atoms with Crippen LogP contribution in [0.3, 0.4) is 0 Å². The molecular formula is C24H24FN5O4S. The summed E-state index contributed by atoms with van der Waals surface area (Å²) < 4.78 is 49.3. The monoisotopic (exact) mass is 497 g/mol. The van der Waals surface area contributed by atoms with Crippen LogP contribution in [0.25, 0.3) is 5.65 Å². The van der Waals surface area contributed by atoms with Gasteiger partial charge in [-0.05, 0) is 54.1 Å². The first-order valence-corrected chi connectivity index (χ1v) is 12.5. The zero-order valence-corrected chi connectivity index (χ0v) is 19.9. The van der Waals surface area contributed by atoms with Crippen molar-refractivity contribution < 1.29 is 17.5 Å². The lowest BCUT2D eigenvalue weighted by atomic mass is 10.2. The maximum Gasteiger partial charge on any atom is 0.350 e. The van der Waals surface area contributed by atoms with Crippen LogP contribution >= 0.6 is 0 Å². The van der Waals surface area contributed by atoms with Crippen molar-refractivity contribution >= 4 is 21.4 Å². The zero-order valence-electron chi connectivity index (χ0n) is 19.0. The van der Waals surface area contributed by atoms with Gasteiger partial charge < -0.3 is 9.64 Å². The first kappa shape index (κ1) is 23.1. The second-order valence-electron chi connectivity index (χ2n) is 8.22. The van der Waals surface area contributed by atoms with E-state index in [0.717, 1.165) is 11.3 Å². The quantitative estimate of drug-likeness (QED) is 0.406. The van der Waals surface area contributed by atoms with Crippen LogP contribution in [0.2, 0.25) is 0 Å². The van der Waals surface area contributed by atoms with Gasteiger partial charge in [-0.2, -0.15) is 4.31 Å². The Balaban J connectivity index is 1.40. The Morgan fingerprint density at radius 1 is 0.971 bits per heavy atom. The molecular weight excluding hydrogens is 473 g/mol. The molecule has 1 aliphatic rings. The summed E-state index contributed by atoms with van der Waals surface area (Å²) in [6, 6.07) is 16.4. The Morgan fingerprint density at radius 3 is 2.31 bits per heavy atom. The molecule has 1 saturated heterocycles. The number of fused-ring (bicyclic) bond motifs is 1. The molecule has 3 heterocycles. The van der Waals surface area contributed by atoms with Crippen LogP contribution in [-0.2, 0) is 16.6 Å². The van der Waals surface area contributed by atoms with Gasteiger partial charge in [0.1, 0.15) is 16.5 Å². The predicted octanol–water partition coefficient (Wildman–Crippen LogP) is 2.20. The van der Waals surface area contributed by atoms with Gasteiger partial charge in [-0.3, -0.25) is 0 Å². The van der Waals surface area contributed by atoms with Crippen molar-refractivity contribution in [1.29, 1.82) is 0 Å². The van der Waals surface area contributed by atoms with Gasteiger partial charge in [0.05, 0.1) is 13.7 Å². The number of methoxy groups -OCH3 is 1. The van der Waals surface area contributed by atoms with Crippen molar-refractivity contribution in [3.05, 3.63) is 88.7 Å². The molecule has 0 amide bonds. The summed E-state index contributed by atoms with van der Waals surface area (Å²) in [7, 11) is -2.32. The van der Waals surface area contributed by atoms with Gasteiger partial charge in [-0.15, -0.1) is 5.10 Å². The zero-order chi connectivity index (χ0) is 24.6. The van der Waals surface area contributed by atoms with E-state index in [2.05, 4.69) is 5.10 Å². The van der Waals surface area contributed by atoms with E-state index in [0.29, 0.717) is 18.8 Å². The Labute approximate surface area is 201 Å². The molecule has 0 aliphatic carbocycles. The third-order valence-electron chi connectivity index (χ3n) is 6.11. The van der Waals surface area contributed by atoms with E-state index in [1.807, 2.05) is 17.0 Å². The molecule has 0 unspecified atom stereocenters. The first-order valence-electron chi connectivity index (χ1n) is 11.1. The predicted molar refractivity (Wildman–Crippen MR) is 129 cm³/mol. The minimum Gasteiger partial charge on any atom is -0.497 e. The third-order valence-corrected chi connectivity index (χ3v) is 8.03.